The molecule has 35 heavy (non-hydrogen) atoms. The summed E-state index contributed by atoms with van der Waals surface area (Å²) < 4.78 is 14.4. The van der Waals surface area contributed by atoms with E-state index in [4.69, 9.17) is 6.11 Å². The number of ether oxygens (including phenoxy) is 1. The maximum atomic E-state index is 13.5. The molecule has 3 aromatic rings. The van der Waals surface area contributed by atoms with Crippen LogP contribution in [0.5, 0.6) is 0 Å². The molecular weight excluding hydrogens is 438 g/mol. The lowest BCUT2D eigenvalue weighted by Crippen LogP contribution is -2.51. The van der Waals surface area contributed by atoms with Gasteiger partial charge in [-0.1, -0.05) is 49.0 Å². The van der Waals surface area contributed by atoms with Gasteiger partial charge in [-0.2, -0.15) is 0 Å². The van der Waals surface area contributed by atoms with Crippen LogP contribution in [0.25, 0.3) is 10.8 Å². The number of nitrogens with zero attached hydrogens (tertiary/aromatic N) is 2. The van der Waals surface area contributed by atoms with E-state index in [0.29, 0.717) is 23.4 Å². The molecule has 6 rings (SSSR count). The van der Waals surface area contributed by atoms with Crippen LogP contribution in [-0.2, 0) is 22.5 Å². The molecule has 0 saturated carbocycles. The number of morpholine rings is 1. The molecule has 1 unspecified atom stereocenters. The quantitative estimate of drug-likeness (QED) is 0.615. The van der Waals surface area contributed by atoms with Gasteiger partial charge in [-0.05, 0) is 53.5 Å². The monoisotopic (exact) mass is 468 g/mol. The maximum absolute atomic E-state index is 13.5. The Hall–Kier alpha value is -3.48. The van der Waals surface area contributed by atoms with Crippen molar-refractivity contribution in [3.63, 3.8) is 0 Å². The number of hydrogen-bond acceptors (Lipinski definition) is 4. The van der Waals surface area contributed by atoms with E-state index in [0.717, 1.165) is 55.6 Å². The van der Waals surface area contributed by atoms with Crippen LogP contribution in [-0.4, -0.2) is 49.0 Å². The minimum Gasteiger partial charge on any atom is -0.379 e. The van der Waals surface area contributed by atoms with E-state index >= 15 is 0 Å². The molecule has 3 heterocycles. The summed E-state index contributed by atoms with van der Waals surface area (Å²) >= 11 is 0. The van der Waals surface area contributed by atoms with Crippen LogP contribution < -0.4 is 10.2 Å². The number of hydrogen-bond donors (Lipinski definition) is 1. The number of nitrogens with one attached hydrogen (secondary N) is 1. The molecule has 3 aromatic carbocycles. The van der Waals surface area contributed by atoms with Crippen molar-refractivity contribution in [1.82, 2.24) is 10.2 Å². The Labute approximate surface area is 206 Å². The topological polar surface area (TPSA) is 61.9 Å². The number of allylic oxidation sites excluding steroid dienone is 1. The predicted octanol–water partition coefficient (Wildman–Crippen LogP) is 4.02. The third kappa shape index (κ3) is 4.03. The van der Waals surface area contributed by atoms with E-state index in [2.05, 4.69) is 41.1 Å². The number of benzene rings is 3. The second-order valence-corrected chi connectivity index (χ2v) is 9.50. The number of carbonyl (C=O) groups excluding carboxylic acids is 2. The SMILES string of the molecule is [2H]C1(N2C(=O)c3cccc4c(Cc5ccc(CN6CCOCC6)cc5)ccc2c34)CCC(=C)NC1=O. The van der Waals surface area contributed by atoms with Crippen LogP contribution >= 0.6 is 0 Å². The van der Waals surface area contributed by atoms with Crippen molar-refractivity contribution in [2.24, 2.45) is 0 Å². The zero-order chi connectivity index (χ0) is 24.9. The molecule has 2 amide bonds. The second kappa shape index (κ2) is 8.95. The number of anilines is 1. The lowest BCUT2D eigenvalue weighted by molar-refractivity contribution is -0.122. The number of amides is 2. The van der Waals surface area contributed by atoms with E-state index in [-0.39, 0.29) is 12.3 Å². The van der Waals surface area contributed by atoms with Gasteiger partial charge in [0.1, 0.15) is 6.02 Å². The van der Waals surface area contributed by atoms with E-state index < -0.39 is 11.9 Å². The highest BCUT2D eigenvalue weighted by molar-refractivity contribution is 6.27. The fourth-order valence-corrected chi connectivity index (χ4v) is 5.36. The molecule has 0 aliphatic carbocycles. The standard InChI is InChI=1S/C29H29N3O3/c1-19-5-11-26(28(33)30-19)32-25-12-10-22(23-3-2-4-24(27(23)25)29(32)34)17-20-6-8-21(9-7-20)18-31-13-15-35-16-14-31/h2-4,6-10,12,26H,1,5,11,13-18H2,(H,30,33)/i26D. The van der Waals surface area contributed by atoms with Crippen molar-refractivity contribution in [3.8, 4) is 0 Å². The first kappa shape index (κ1) is 20.9. The van der Waals surface area contributed by atoms with Crippen molar-refractivity contribution in [2.75, 3.05) is 31.2 Å². The van der Waals surface area contributed by atoms with Gasteiger partial charge in [0.2, 0.25) is 5.91 Å². The van der Waals surface area contributed by atoms with Crippen LogP contribution in [0.3, 0.4) is 0 Å². The number of carbonyl (C=O) groups is 2. The van der Waals surface area contributed by atoms with Crippen LogP contribution in [0.4, 0.5) is 5.69 Å². The third-order valence-electron chi connectivity index (χ3n) is 7.20. The summed E-state index contributed by atoms with van der Waals surface area (Å²) in [4.78, 5) is 30.1. The smallest absolute Gasteiger partial charge is 0.259 e. The molecular formula is C29H29N3O3. The first-order valence-electron chi connectivity index (χ1n) is 12.7. The lowest BCUT2D eigenvalue weighted by atomic mass is 9.95. The molecule has 0 spiro atoms. The van der Waals surface area contributed by atoms with Gasteiger partial charge in [-0.15, -0.1) is 0 Å². The van der Waals surface area contributed by atoms with Crippen molar-refractivity contribution in [3.05, 3.63) is 89.1 Å². The molecule has 3 aliphatic rings. The van der Waals surface area contributed by atoms with Gasteiger partial charge in [0.25, 0.3) is 5.91 Å². The minimum absolute atomic E-state index is 0.220. The van der Waals surface area contributed by atoms with Crippen LogP contribution in [0.1, 0.15) is 41.3 Å². The van der Waals surface area contributed by atoms with Crippen molar-refractivity contribution in [1.29, 1.82) is 0 Å². The molecule has 6 heteroatoms. The second-order valence-electron chi connectivity index (χ2n) is 9.50. The van der Waals surface area contributed by atoms with Gasteiger partial charge >= 0.3 is 0 Å². The average Bonchev–Trinajstić information content (AvgIpc) is 3.18. The Kier molecular flexibility index (Phi) is 5.33. The molecule has 0 radical (unpaired) electrons. The van der Waals surface area contributed by atoms with E-state index in [1.807, 2.05) is 24.3 Å². The molecule has 3 aliphatic heterocycles. The average molecular weight is 469 g/mol. The molecule has 178 valence electrons. The first-order chi connectivity index (χ1) is 17.4. The Morgan fingerprint density at radius 2 is 1.80 bits per heavy atom. The zero-order valence-corrected chi connectivity index (χ0v) is 19.7. The fraction of sp³-hybridized carbons (Fsp3) is 0.310. The van der Waals surface area contributed by atoms with Crippen molar-refractivity contribution in [2.45, 2.75) is 31.8 Å². The summed E-state index contributed by atoms with van der Waals surface area (Å²) in [5, 5.41) is 4.49. The molecule has 2 saturated heterocycles. The highest BCUT2D eigenvalue weighted by atomic mass is 16.5. The summed E-state index contributed by atoms with van der Waals surface area (Å²) in [6.45, 7) is 8.27. The molecule has 6 nitrogen and oxygen atoms in total. The molecule has 0 bridgehead atoms. The van der Waals surface area contributed by atoms with E-state index in [1.165, 1.54) is 16.0 Å². The van der Waals surface area contributed by atoms with Crippen LogP contribution in [0.15, 0.2) is 66.9 Å². The number of piperidine rings is 1. The zero-order valence-electron chi connectivity index (χ0n) is 20.7. The van der Waals surface area contributed by atoms with Gasteiger partial charge < -0.3 is 10.1 Å². The Balaban J connectivity index is 1.29. The van der Waals surface area contributed by atoms with Crippen molar-refractivity contribution < 1.29 is 15.7 Å². The lowest BCUT2D eigenvalue weighted by Gasteiger charge is -2.31. The third-order valence-corrected chi connectivity index (χ3v) is 7.20. The highest BCUT2D eigenvalue weighted by Crippen LogP contribution is 2.41. The van der Waals surface area contributed by atoms with Crippen LogP contribution in [0.2, 0.25) is 0 Å². The van der Waals surface area contributed by atoms with Gasteiger partial charge in [-0.25, -0.2) is 0 Å². The number of rotatable bonds is 5. The maximum Gasteiger partial charge on any atom is 0.259 e. The van der Waals surface area contributed by atoms with Gasteiger partial charge in [0.05, 0.1) is 20.3 Å². The highest BCUT2D eigenvalue weighted by Gasteiger charge is 2.39. The molecule has 2 fully saturated rings. The Bertz CT molecular complexity index is 1380. The largest absolute Gasteiger partial charge is 0.379 e. The predicted molar refractivity (Wildman–Crippen MR) is 136 cm³/mol. The summed E-state index contributed by atoms with van der Waals surface area (Å²) in [6.07, 6.45) is 1.42. The Morgan fingerprint density at radius 1 is 1.03 bits per heavy atom. The summed E-state index contributed by atoms with van der Waals surface area (Å²) in [6, 6.07) is 16.7. The Morgan fingerprint density at radius 3 is 2.57 bits per heavy atom. The fourth-order valence-electron chi connectivity index (χ4n) is 5.36. The first-order valence-corrected chi connectivity index (χ1v) is 12.2. The van der Waals surface area contributed by atoms with Gasteiger partial charge in [0, 0.05) is 36.3 Å². The van der Waals surface area contributed by atoms with E-state index in [1.54, 1.807) is 6.07 Å². The molecule has 1 N–H and O–H groups in total. The van der Waals surface area contributed by atoms with Gasteiger partial charge in [-0.3, -0.25) is 19.4 Å². The summed E-state index contributed by atoms with van der Waals surface area (Å²) in [7, 11) is 0. The summed E-state index contributed by atoms with van der Waals surface area (Å²) in [5.74, 6) is -0.799. The summed E-state index contributed by atoms with van der Waals surface area (Å²) in [5.41, 5.74) is 5.37. The molecule has 0 aromatic heterocycles. The normalized spacial score (nSPS) is 23.0. The molecule has 1 atom stereocenters. The van der Waals surface area contributed by atoms with E-state index in [9.17, 15) is 9.59 Å². The van der Waals surface area contributed by atoms with Gasteiger partial charge in [0.15, 0.2) is 0 Å². The van der Waals surface area contributed by atoms with Crippen LogP contribution in [0, 0.1) is 0 Å². The minimum atomic E-state index is -1.69. The van der Waals surface area contributed by atoms with Crippen molar-refractivity contribution >= 4 is 28.3 Å².